The first kappa shape index (κ1) is 13.6. The van der Waals surface area contributed by atoms with E-state index in [-0.39, 0.29) is 5.97 Å². The lowest BCUT2D eigenvalue weighted by atomic mass is 10.2. The van der Waals surface area contributed by atoms with Gasteiger partial charge < -0.3 is 4.74 Å². The van der Waals surface area contributed by atoms with E-state index in [9.17, 15) is 4.79 Å². The lowest BCUT2D eigenvalue weighted by molar-refractivity contribution is 0.0600. The molecule has 1 aromatic rings. The van der Waals surface area contributed by atoms with Crippen molar-refractivity contribution < 1.29 is 27.1 Å². The minimum Gasteiger partial charge on any atom is -0.465 e. The fourth-order valence-electron chi connectivity index (χ4n) is 0.692. The van der Waals surface area contributed by atoms with Gasteiger partial charge in [-0.05, 0) is 12.1 Å². The third-order valence-corrected chi connectivity index (χ3v) is 1.19. The first-order valence-electron chi connectivity index (χ1n) is 3.68. The standard InChI is InChI=1S/C8H8O2.H2O4S/c1-10-8(9)7-5-3-2-4-6-7;1-5(2,3)4/h2-6H,1H3;(H2,1,2,3,4). The number of ether oxygens (including phenoxy) is 1. The maximum Gasteiger partial charge on any atom is 0.394 e. The zero-order valence-electron chi connectivity index (χ0n) is 7.82. The Morgan fingerprint density at radius 1 is 1.20 bits per heavy atom. The summed E-state index contributed by atoms with van der Waals surface area (Å²) in [6.45, 7) is 0. The largest absolute Gasteiger partial charge is 0.465 e. The van der Waals surface area contributed by atoms with E-state index in [4.69, 9.17) is 17.5 Å². The summed E-state index contributed by atoms with van der Waals surface area (Å²) in [5.74, 6) is -0.291. The van der Waals surface area contributed by atoms with Crippen LogP contribution in [-0.2, 0) is 15.1 Å². The first-order valence-corrected chi connectivity index (χ1v) is 5.07. The van der Waals surface area contributed by atoms with Gasteiger partial charge >= 0.3 is 16.4 Å². The van der Waals surface area contributed by atoms with Gasteiger partial charge in [-0.3, -0.25) is 9.11 Å². The van der Waals surface area contributed by atoms with Crippen LogP contribution in [0.2, 0.25) is 0 Å². The van der Waals surface area contributed by atoms with Crippen molar-refractivity contribution in [2.75, 3.05) is 7.11 Å². The van der Waals surface area contributed by atoms with E-state index in [0.29, 0.717) is 5.56 Å². The van der Waals surface area contributed by atoms with Gasteiger partial charge in [-0.2, -0.15) is 8.42 Å². The van der Waals surface area contributed by atoms with Gasteiger partial charge in [0.05, 0.1) is 12.7 Å². The van der Waals surface area contributed by atoms with E-state index in [2.05, 4.69) is 4.74 Å². The molecule has 1 aromatic carbocycles. The molecule has 0 saturated carbocycles. The quantitative estimate of drug-likeness (QED) is 0.551. The summed E-state index contributed by atoms with van der Waals surface area (Å²) in [7, 11) is -3.30. The van der Waals surface area contributed by atoms with Crippen LogP contribution in [0.25, 0.3) is 0 Å². The Morgan fingerprint density at radius 3 is 1.93 bits per heavy atom. The number of benzene rings is 1. The third-order valence-electron chi connectivity index (χ3n) is 1.19. The molecule has 0 bridgehead atoms. The highest BCUT2D eigenvalue weighted by Gasteiger charge is 2.00. The molecule has 7 heteroatoms. The van der Waals surface area contributed by atoms with Crippen LogP contribution in [0.5, 0.6) is 0 Å². The summed E-state index contributed by atoms with van der Waals surface area (Å²) >= 11 is 0. The zero-order chi connectivity index (χ0) is 11.9. The predicted octanol–water partition coefficient (Wildman–Crippen LogP) is 0.820. The van der Waals surface area contributed by atoms with Crippen LogP contribution in [0.4, 0.5) is 0 Å². The van der Waals surface area contributed by atoms with Gasteiger partial charge in [0.25, 0.3) is 0 Å². The highest BCUT2D eigenvalue weighted by Crippen LogP contribution is 1.98. The van der Waals surface area contributed by atoms with Gasteiger partial charge in [0, 0.05) is 0 Å². The van der Waals surface area contributed by atoms with Crippen molar-refractivity contribution in [1.82, 2.24) is 0 Å². The van der Waals surface area contributed by atoms with Gasteiger partial charge in [0.2, 0.25) is 0 Å². The second-order valence-electron chi connectivity index (χ2n) is 2.31. The molecule has 0 aliphatic heterocycles. The fraction of sp³-hybridized carbons (Fsp3) is 0.125. The average molecular weight is 234 g/mol. The molecule has 84 valence electrons. The molecule has 0 aliphatic rings. The fourth-order valence-corrected chi connectivity index (χ4v) is 0.692. The first-order chi connectivity index (χ1) is 6.84. The third kappa shape index (κ3) is 8.88. The maximum absolute atomic E-state index is 10.8. The Labute approximate surface area is 87.1 Å². The van der Waals surface area contributed by atoms with Gasteiger partial charge in [-0.1, -0.05) is 18.2 Å². The highest BCUT2D eigenvalue weighted by molar-refractivity contribution is 7.79. The number of methoxy groups -OCH3 is 1. The topological polar surface area (TPSA) is 101 Å². The average Bonchev–Trinajstić information content (AvgIpc) is 2.15. The van der Waals surface area contributed by atoms with Crippen molar-refractivity contribution in [3.8, 4) is 0 Å². The number of rotatable bonds is 1. The lowest BCUT2D eigenvalue weighted by Crippen LogP contribution is -1.99. The van der Waals surface area contributed by atoms with Gasteiger partial charge in [0.1, 0.15) is 0 Å². The van der Waals surface area contributed by atoms with Crippen LogP contribution >= 0.6 is 0 Å². The molecule has 0 unspecified atom stereocenters. The predicted molar refractivity (Wildman–Crippen MR) is 52.0 cm³/mol. The summed E-state index contributed by atoms with van der Waals surface area (Å²) in [6, 6.07) is 8.88. The van der Waals surface area contributed by atoms with Crippen molar-refractivity contribution in [3.05, 3.63) is 35.9 Å². The van der Waals surface area contributed by atoms with E-state index in [1.54, 1.807) is 24.3 Å². The van der Waals surface area contributed by atoms with Crippen LogP contribution in [0.15, 0.2) is 30.3 Å². The Bertz CT molecular complexity index is 388. The molecule has 0 fully saturated rings. The van der Waals surface area contributed by atoms with Crippen LogP contribution in [0, 0.1) is 0 Å². The van der Waals surface area contributed by atoms with Crippen molar-refractivity contribution in [3.63, 3.8) is 0 Å². The number of esters is 1. The molecule has 1 rings (SSSR count). The Balaban J connectivity index is 0.000000336. The van der Waals surface area contributed by atoms with Crippen LogP contribution in [0.1, 0.15) is 10.4 Å². The molecule has 0 heterocycles. The number of carbonyl (C=O) groups is 1. The van der Waals surface area contributed by atoms with E-state index in [1.807, 2.05) is 6.07 Å². The van der Waals surface area contributed by atoms with E-state index < -0.39 is 10.4 Å². The Hall–Kier alpha value is -1.44. The monoisotopic (exact) mass is 234 g/mol. The molecule has 0 aliphatic carbocycles. The summed E-state index contributed by atoms with van der Waals surface area (Å²) in [5, 5.41) is 0. The zero-order valence-corrected chi connectivity index (χ0v) is 8.64. The molecule has 0 spiro atoms. The molecular weight excluding hydrogens is 224 g/mol. The molecule has 0 atom stereocenters. The van der Waals surface area contributed by atoms with Crippen molar-refractivity contribution in [2.45, 2.75) is 0 Å². The number of carbonyl (C=O) groups excluding carboxylic acids is 1. The molecule has 15 heavy (non-hydrogen) atoms. The lowest BCUT2D eigenvalue weighted by Gasteiger charge is -1.95. The van der Waals surface area contributed by atoms with Crippen LogP contribution in [0.3, 0.4) is 0 Å². The van der Waals surface area contributed by atoms with Crippen molar-refractivity contribution >= 4 is 16.4 Å². The molecular formula is C8H10O6S. The summed E-state index contributed by atoms with van der Waals surface area (Å²) in [5.41, 5.74) is 0.588. The summed E-state index contributed by atoms with van der Waals surface area (Å²) in [4.78, 5) is 10.8. The molecule has 0 amide bonds. The van der Waals surface area contributed by atoms with Crippen molar-refractivity contribution in [1.29, 1.82) is 0 Å². The molecule has 0 radical (unpaired) electrons. The van der Waals surface area contributed by atoms with Gasteiger partial charge in [-0.15, -0.1) is 0 Å². The van der Waals surface area contributed by atoms with Gasteiger partial charge in [0.15, 0.2) is 0 Å². The van der Waals surface area contributed by atoms with E-state index in [1.165, 1.54) is 7.11 Å². The SMILES string of the molecule is COC(=O)c1ccccc1.O=S(=O)(O)O. The number of hydrogen-bond donors (Lipinski definition) is 2. The Morgan fingerprint density at radius 2 is 1.60 bits per heavy atom. The maximum atomic E-state index is 10.8. The Kier molecular flexibility index (Phi) is 5.53. The van der Waals surface area contributed by atoms with Crippen molar-refractivity contribution in [2.24, 2.45) is 0 Å². The van der Waals surface area contributed by atoms with E-state index in [0.717, 1.165) is 0 Å². The van der Waals surface area contributed by atoms with E-state index >= 15 is 0 Å². The smallest absolute Gasteiger partial charge is 0.394 e. The minimum atomic E-state index is -4.67. The normalized spacial score (nSPS) is 9.80. The molecule has 0 aromatic heterocycles. The van der Waals surface area contributed by atoms with Crippen LogP contribution in [-0.4, -0.2) is 30.6 Å². The van der Waals surface area contributed by atoms with Crippen LogP contribution < -0.4 is 0 Å². The number of hydrogen-bond acceptors (Lipinski definition) is 4. The summed E-state index contributed by atoms with van der Waals surface area (Å²) < 4.78 is 36.1. The second-order valence-corrected chi connectivity index (χ2v) is 3.20. The van der Waals surface area contributed by atoms with Gasteiger partial charge in [-0.25, -0.2) is 4.79 Å². The molecule has 2 N–H and O–H groups in total. The summed E-state index contributed by atoms with van der Waals surface area (Å²) in [6.07, 6.45) is 0. The molecule has 0 saturated heterocycles. The highest BCUT2D eigenvalue weighted by atomic mass is 32.3. The molecule has 6 nitrogen and oxygen atoms in total. The minimum absolute atomic E-state index is 0.291. The second kappa shape index (κ2) is 6.12.